The van der Waals surface area contributed by atoms with Crippen LogP contribution in [0.4, 0.5) is 0 Å². The Labute approximate surface area is 130 Å². The predicted octanol–water partition coefficient (Wildman–Crippen LogP) is 3.31. The molecule has 0 saturated heterocycles. The normalized spacial score (nSPS) is 14.4. The topological polar surface area (TPSA) is 24.5 Å². The van der Waals surface area contributed by atoms with Gasteiger partial charge in [-0.1, -0.05) is 30.7 Å². The molecule has 0 bridgehead atoms. The molecule has 0 aromatic heterocycles. The van der Waals surface area contributed by atoms with E-state index in [1.165, 1.54) is 16.7 Å². The van der Waals surface area contributed by atoms with Crippen LogP contribution in [0.2, 0.25) is 0 Å². The van der Waals surface area contributed by atoms with Gasteiger partial charge < -0.3 is 10.1 Å². The fraction of sp³-hybridized carbons (Fsp3) is 0.667. The highest BCUT2D eigenvalue weighted by molar-refractivity contribution is 5.33. The fourth-order valence-corrected chi connectivity index (χ4v) is 2.75. The molecule has 120 valence electrons. The van der Waals surface area contributed by atoms with Gasteiger partial charge in [-0.2, -0.15) is 0 Å². The van der Waals surface area contributed by atoms with E-state index in [1.807, 2.05) is 0 Å². The van der Waals surface area contributed by atoms with Crippen LogP contribution < -0.4 is 5.32 Å². The second-order valence-electron chi connectivity index (χ2n) is 5.95. The predicted molar refractivity (Wildman–Crippen MR) is 90.9 cm³/mol. The molecule has 0 amide bonds. The van der Waals surface area contributed by atoms with Crippen LogP contribution in [0.3, 0.4) is 0 Å². The summed E-state index contributed by atoms with van der Waals surface area (Å²) in [5, 5.41) is 3.48. The van der Waals surface area contributed by atoms with E-state index in [0.29, 0.717) is 12.1 Å². The number of ether oxygens (including phenoxy) is 1. The number of likely N-dealkylation sites (N-methyl/N-ethyl adjacent to an activating group) is 1. The minimum atomic E-state index is 0.358. The highest BCUT2D eigenvalue weighted by atomic mass is 16.5. The van der Waals surface area contributed by atoms with E-state index in [2.05, 4.69) is 63.2 Å². The maximum absolute atomic E-state index is 5.27. The van der Waals surface area contributed by atoms with Crippen LogP contribution in [0.5, 0.6) is 0 Å². The minimum Gasteiger partial charge on any atom is -0.383 e. The first-order valence-electron chi connectivity index (χ1n) is 8.00. The summed E-state index contributed by atoms with van der Waals surface area (Å²) in [4.78, 5) is 2.52. The van der Waals surface area contributed by atoms with E-state index < -0.39 is 0 Å². The first-order chi connectivity index (χ1) is 10.0. The Morgan fingerprint density at radius 2 is 2.00 bits per heavy atom. The van der Waals surface area contributed by atoms with Gasteiger partial charge in [-0.15, -0.1) is 0 Å². The van der Waals surface area contributed by atoms with Gasteiger partial charge in [0.25, 0.3) is 0 Å². The van der Waals surface area contributed by atoms with Gasteiger partial charge in [-0.05, 0) is 45.4 Å². The maximum Gasteiger partial charge on any atom is 0.0589 e. The van der Waals surface area contributed by atoms with Crippen molar-refractivity contribution in [1.82, 2.24) is 10.2 Å². The molecule has 3 nitrogen and oxygen atoms in total. The number of hydrogen-bond acceptors (Lipinski definition) is 3. The van der Waals surface area contributed by atoms with Gasteiger partial charge in [0, 0.05) is 32.3 Å². The van der Waals surface area contributed by atoms with Crippen LogP contribution in [-0.4, -0.2) is 44.8 Å². The number of nitrogens with one attached hydrogen (secondary N) is 1. The molecule has 2 unspecified atom stereocenters. The minimum absolute atomic E-state index is 0.358. The summed E-state index contributed by atoms with van der Waals surface area (Å²) in [6, 6.07) is 7.66. The molecule has 0 aliphatic carbocycles. The van der Waals surface area contributed by atoms with Crippen molar-refractivity contribution in [3.8, 4) is 0 Å². The molecule has 1 aromatic rings. The molecule has 0 fully saturated rings. The van der Waals surface area contributed by atoms with E-state index in [-0.39, 0.29) is 0 Å². The van der Waals surface area contributed by atoms with Crippen molar-refractivity contribution in [2.45, 2.75) is 46.2 Å². The molecule has 21 heavy (non-hydrogen) atoms. The van der Waals surface area contributed by atoms with Crippen molar-refractivity contribution < 1.29 is 4.74 Å². The Bertz CT molecular complexity index is 420. The van der Waals surface area contributed by atoms with Crippen molar-refractivity contribution in [3.63, 3.8) is 0 Å². The third-order valence-electron chi connectivity index (χ3n) is 4.36. The summed E-state index contributed by atoms with van der Waals surface area (Å²) < 4.78 is 5.27. The van der Waals surface area contributed by atoms with Crippen LogP contribution in [0.25, 0.3) is 0 Å². The summed E-state index contributed by atoms with van der Waals surface area (Å²) >= 11 is 0. The summed E-state index contributed by atoms with van der Waals surface area (Å²) in [5.74, 6) is 0. The second kappa shape index (κ2) is 9.19. The number of methoxy groups -OCH3 is 1. The van der Waals surface area contributed by atoms with Crippen LogP contribution in [0.15, 0.2) is 18.2 Å². The Balaban J connectivity index is 2.86. The Morgan fingerprint density at radius 1 is 1.29 bits per heavy atom. The lowest BCUT2D eigenvalue weighted by Crippen LogP contribution is -2.41. The lowest BCUT2D eigenvalue weighted by molar-refractivity contribution is 0.115. The monoisotopic (exact) mass is 292 g/mol. The fourth-order valence-electron chi connectivity index (χ4n) is 2.75. The van der Waals surface area contributed by atoms with Gasteiger partial charge in [-0.3, -0.25) is 4.90 Å². The molecular weight excluding hydrogens is 260 g/mol. The summed E-state index contributed by atoms with van der Waals surface area (Å²) in [5.41, 5.74) is 4.09. The van der Waals surface area contributed by atoms with Gasteiger partial charge in [0.05, 0.1) is 6.61 Å². The van der Waals surface area contributed by atoms with Crippen molar-refractivity contribution in [1.29, 1.82) is 0 Å². The van der Waals surface area contributed by atoms with Gasteiger partial charge in [0.1, 0.15) is 0 Å². The lowest BCUT2D eigenvalue weighted by Gasteiger charge is -2.32. The van der Waals surface area contributed by atoms with E-state index >= 15 is 0 Å². The first-order valence-corrected chi connectivity index (χ1v) is 8.00. The van der Waals surface area contributed by atoms with Crippen LogP contribution in [-0.2, 0) is 4.74 Å². The Morgan fingerprint density at radius 3 is 2.52 bits per heavy atom. The summed E-state index contributed by atoms with van der Waals surface area (Å²) in [7, 11) is 3.82. The highest BCUT2D eigenvalue weighted by Crippen LogP contribution is 2.21. The number of aryl methyl sites for hydroxylation is 2. The molecule has 2 atom stereocenters. The van der Waals surface area contributed by atoms with Crippen molar-refractivity contribution in [3.05, 3.63) is 34.9 Å². The smallest absolute Gasteiger partial charge is 0.0589 e. The molecule has 1 rings (SSSR count). The number of nitrogens with zero attached hydrogens (tertiary/aromatic N) is 1. The molecule has 0 heterocycles. The first kappa shape index (κ1) is 18.1. The van der Waals surface area contributed by atoms with E-state index in [0.717, 1.165) is 26.1 Å². The van der Waals surface area contributed by atoms with Gasteiger partial charge >= 0.3 is 0 Å². The van der Waals surface area contributed by atoms with E-state index in [9.17, 15) is 0 Å². The van der Waals surface area contributed by atoms with Gasteiger partial charge in [-0.25, -0.2) is 0 Å². The zero-order valence-electron chi connectivity index (χ0n) is 14.6. The van der Waals surface area contributed by atoms with Crippen LogP contribution in [0, 0.1) is 13.8 Å². The zero-order chi connectivity index (χ0) is 15.8. The maximum atomic E-state index is 5.27. The molecule has 0 aliphatic heterocycles. The zero-order valence-corrected chi connectivity index (χ0v) is 14.6. The SMILES string of the molecule is CCC(C)N(CCOC)CC(NC)c1ccc(C)cc1C. The highest BCUT2D eigenvalue weighted by Gasteiger charge is 2.19. The average Bonchev–Trinajstić information content (AvgIpc) is 2.47. The molecule has 0 spiro atoms. The van der Waals surface area contributed by atoms with Crippen molar-refractivity contribution in [2.24, 2.45) is 0 Å². The van der Waals surface area contributed by atoms with E-state index in [1.54, 1.807) is 7.11 Å². The van der Waals surface area contributed by atoms with Gasteiger partial charge in [0.15, 0.2) is 0 Å². The van der Waals surface area contributed by atoms with E-state index in [4.69, 9.17) is 4.74 Å². The second-order valence-corrected chi connectivity index (χ2v) is 5.95. The van der Waals surface area contributed by atoms with Crippen molar-refractivity contribution in [2.75, 3.05) is 33.9 Å². The van der Waals surface area contributed by atoms with Crippen LogP contribution in [0.1, 0.15) is 43.0 Å². The standard InChI is InChI=1S/C18H32N2O/c1-7-16(4)20(10-11-21-6)13-18(19-5)17-9-8-14(2)12-15(17)3/h8-9,12,16,18-19H,7,10-11,13H2,1-6H3. The third-order valence-corrected chi connectivity index (χ3v) is 4.36. The third kappa shape index (κ3) is 5.42. The Hall–Kier alpha value is -0.900. The lowest BCUT2D eigenvalue weighted by atomic mass is 9.98. The molecular formula is C18H32N2O. The number of rotatable bonds is 9. The molecule has 1 N–H and O–H groups in total. The van der Waals surface area contributed by atoms with Crippen molar-refractivity contribution >= 4 is 0 Å². The van der Waals surface area contributed by atoms with Gasteiger partial charge in [0.2, 0.25) is 0 Å². The largest absolute Gasteiger partial charge is 0.383 e. The average molecular weight is 292 g/mol. The number of hydrogen-bond donors (Lipinski definition) is 1. The Kier molecular flexibility index (Phi) is 7.94. The molecule has 0 radical (unpaired) electrons. The summed E-state index contributed by atoms with van der Waals surface area (Å²) in [6.45, 7) is 11.7. The molecule has 0 saturated carbocycles. The molecule has 1 aromatic carbocycles. The molecule has 3 heteroatoms. The quantitative estimate of drug-likeness (QED) is 0.756. The van der Waals surface area contributed by atoms with Crippen LogP contribution >= 0.6 is 0 Å². The molecule has 0 aliphatic rings. The summed E-state index contributed by atoms with van der Waals surface area (Å²) in [6.07, 6.45) is 1.16. The number of benzene rings is 1.